The maximum atomic E-state index is 11.8. The normalized spacial score (nSPS) is 19.8. The summed E-state index contributed by atoms with van der Waals surface area (Å²) in [7, 11) is 0. The molecule has 3 N–H and O–H groups in total. The first kappa shape index (κ1) is 13.0. The smallest absolute Gasteiger partial charge is 0.250 e. The second-order valence-corrected chi connectivity index (χ2v) is 4.52. The number of H-pyrrole nitrogens is 1. The summed E-state index contributed by atoms with van der Waals surface area (Å²) < 4.78 is 5.38. The summed E-state index contributed by atoms with van der Waals surface area (Å²) in [5.74, 6) is -0.0407. The van der Waals surface area contributed by atoms with Gasteiger partial charge in [0.25, 0.3) is 0 Å². The van der Waals surface area contributed by atoms with Crippen LogP contribution in [0.4, 0.5) is 0 Å². The van der Waals surface area contributed by atoms with Crippen molar-refractivity contribution in [3.8, 4) is 0 Å². The van der Waals surface area contributed by atoms with Crippen molar-refractivity contribution in [1.29, 1.82) is 0 Å². The van der Waals surface area contributed by atoms with Crippen LogP contribution in [0.2, 0.25) is 0 Å². The van der Waals surface area contributed by atoms with Crippen molar-refractivity contribution in [3.05, 3.63) is 17.0 Å². The highest BCUT2D eigenvalue weighted by Gasteiger charge is 2.21. The highest BCUT2D eigenvalue weighted by molar-refractivity contribution is 5.81. The fraction of sp³-hybridized carbons (Fsp3) is 0.667. The number of morpholine rings is 1. The Kier molecular flexibility index (Phi) is 4.33. The monoisotopic (exact) mass is 252 g/mol. The van der Waals surface area contributed by atoms with Crippen LogP contribution in [0.1, 0.15) is 17.0 Å². The van der Waals surface area contributed by atoms with E-state index < -0.39 is 0 Å². The minimum absolute atomic E-state index is 0.0407. The number of aryl methyl sites for hydroxylation is 2. The third-order valence-corrected chi connectivity index (χ3v) is 3.17. The van der Waals surface area contributed by atoms with E-state index >= 15 is 0 Å². The van der Waals surface area contributed by atoms with Gasteiger partial charge in [0.1, 0.15) is 6.10 Å². The van der Waals surface area contributed by atoms with Crippen LogP contribution in [0, 0.1) is 13.8 Å². The summed E-state index contributed by atoms with van der Waals surface area (Å²) in [4.78, 5) is 11.8. The van der Waals surface area contributed by atoms with E-state index in [1.807, 2.05) is 13.8 Å². The summed E-state index contributed by atoms with van der Waals surface area (Å²) >= 11 is 0. The zero-order chi connectivity index (χ0) is 13.0. The summed E-state index contributed by atoms with van der Waals surface area (Å²) in [5, 5.41) is 13.1. The van der Waals surface area contributed by atoms with Gasteiger partial charge in [0.15, 0.2) is 0 Å². The van der Waals surface area contributed by atoms with Crippen molar-refractivity contribution in [2.24, 2.45) is 0 Å². The van der Waals surface area contributed by atoms with Crippen molar-refractivity contribution in [1.82, 2.24) is 20.8 Å². The van der Waals surface area contributed by atoms with E-state index in [1.54, 1.807) is 0 Å². The average molecular weight is 252 g/mol. The van der Waals surface area contributed by atoms with Gasteiger partial charge in [-0.2, -0.15) is 5.10 Å². The molecule has 1 aromatic rings. The lowest BCUT2D eigenvalue weighted by Crippen LogP contribution is -2.48. The number of carbonyl (C=O) groups is 1. The van der Waals surface area contributed by atoms with Crippen LogP contribution >= 0.6 is 0 Å². The van der Waals surface area contributed by atoms with Crippen LogP contribution in [-0.2, 0) is 16.0 Å². The van der Waals surface area contributed by atoms with Crippen molar-refractivity contribution < 1.29 is 9.53 Å². The molecule has 0 unspecified atom stereocenters. The van der Waals surface area contributed by atoms with E-state index in [1.165, 1.54) is 5.56 Å². The Morgan fingerprint density at radius 3 is 3.00 bits per heavy atom. The number of nitrogens with one attached hydrogen (secondary N) is 3. The Bertz CT molecular complexity index is 391. The maximum absolute atomic E-state index is 11.8. The van der Waals surface area contributed by atoms with Crippen LogP contribution < -0.4 is 10.6 Å². The molecule has 0 aromatic carbocycles. The predicted molar refractivity (Wildman–Crippen MR) is 67.4 cm³/mol. The molecule has 0 spiro atoms. The van der Waals surface area contributed by atoms with E-state index in [9.17, 15) is 4.79 Å². The fourth-order valence-electron chi connectivity index (χ4n) is 2.10. The average Bonchev–Trinajstić information content (AvgIpc) is 2.71. The molecule has 1 amide bonds. The molecule has 6 nitrogen and oxygen atoms in total. The largest absolute Gasteiger partial charge is 0.366 e. The molecule has 1 saturated heterocycles. The molecule has 1 aliphatic rings. The number of hydrogen-bond acceptors (Lipinski definition) is 4. The van der Waals surface area contributed by atoms with Crippen LogP contribution in [-0.4, -0.2) is 48.4 Å². The molecule has 2 heterocycles. The predicted octanol–water partition coefficient (Wildman–Crippen LogP) is -0.326. The van der Waals surface area contributed by atoms with Gasteiger partial charge in [-0.25, -0.2) is 0 Å². The lowest BCUT2D eigenvalue weighted by molar-refractivity contribution is -0.134. The van der Waals surface area contributed by atoms with Crippen molar-refractivity contribution in [3.63, 3.8) is 0 Å². The third kappa shape index (κ3) is 3.08. The molecule has 6 heteroatoms. The Morgan fingerprint density at radius 1 is 1.56 bits per heavy atom. The van der Waals surface area contributed by atoms with Crippen LogP contribution in [0.15, 0.2) is 0 Å². The number of hydrogen-bond donors (Lipinski definition) is 3. The zero-order valence-corrected chi connectivity index (χ0v) is 10.9. The lowest BCUT2D eigenvalue weighted by atomic mass is 10.1. The number of aromatic amines is 1. The summed E-state index contributed by atoms with van der Waals surface area (Å²) in [5.41, 5.74) is 3.24. The molecule has 18 heavy (non-hydrogen) atoms. The Labute approximate surface area is 106 Å². The van der Waals surface area contributed by atoms with Crippen molar-refractivity contribution >= 4 is 5.91 Å². The van der Waals surface area contributed by atoms with Gasteiger partial charge in [0, 0.05) is 25.3 Å². The SMILES string of the molecule is Cc1n[nH]c(C)c1CCNC(=O)[C@H]1CNCCO1. The van der Waals surface area contributed by atoms with Crippen molar-refractivity contribution in [2.45, 2.75) is 26.4 Å². The first-order valence-electron chi connectivity index (χ1n) is 6.29. The van der Waals surface area contributed by atoms with E-state index in [-0.39, 0.29) is 12.0 Å². The van der Waals surface area contributed by atoms with Crippen LogP contribution in [0.3, 0.4) is 0 Å². The molecule has 2 rings (SSSR count). The Hall–Kier alpha value is -1.40. The quantitative estimate of drug-likeness (QED) is 0.686. The first-order valence-corrected chi connectivity index (χ1v) is 6.29. The zero-order valence-electron chi connectivity index (χ0n) is 10.9. The van der Waals surface area contributed by atoms with E-state index in [4.69, 9.17) is 4.74 Å². The second kappa shape index (κ2) is 5.97. The number of nitrogens with zero attached hydrogens (tertiary/aromatic N) is 1. The molecule has 1 aliphatic heterocycles. The molecule has 1 aromatic heterocycles. The maximum Gasteiger partial charge on any atom is 0.250 e. The van der Waals surface area contributed by atoms with Crippen LogP contribution in [0.5, 0.6) is 0 Å². The minimum atomic E-state index is -0.356. The minimum Gasteiger partial charge on any atom is -0.366 e. The lowest BCUT2D eigenvalue weighted by Gasteiger charge is -2.22. The van der Waals surface area contributed by atoms with Gasteiger partial charge in [-0.1, -0.05) is 0 Å². The fourth-order valence-corrected chi connectivity index (χ4v) is 2.10. The topological polar surface area (TPSA) is 79.0 Å². The third-order valence-electron chi connectivity index (χ3n) is 3.17. The molecule has 0 radical (unpaired) electrons. The molecule has 100 valence electrons. The summed E-state index contributed by atoms with van der Waals surface area (Å²) in [6.45, 7) is 6.57. The summed E-state index contributed by atoms with van der Waals surface area (Å²) in [6, 6.07) is 0. The van der Waals surface area contributed by atoms with Gasteiger partial charge in [-0.3, -0.25) is 9.89 Å². The molecule has 1 fully saturated rings. The van der Waals surface area contributed by atoms with Gasteiger partial charge in [0.05, 0.1) is 12.3 Å². The number of ether oxygens (including phenoxy) is 1. The highest BCUT2D eigenvalue weighted by atomic mass is 16.5. The van der Waals surface area contributed by atoms with Gasteiger partial charge in [-0.05, 0) is 25.8 Å². The molecular weight excluding hydrogens is 232 g/mol. The molecule has 0 bridgehead atoms. The molecule has 0 aliphatic carbocycles. The van der Waals surface area contributed by atoms with Gasteiger partial charge < -0.3 is 15.4 Å². The van der Waals surface area contributed by atoms with Gasteiger partial charge >= 0.3 is 0 Å². The summed E-state index contributed by atoms with van der Waals surface area (Å²) in [6.07, 6.45) is 0.436. The second-order valence-electron chi connectivity index (χ2n) is 4.52. The molecule has 0 saturated carbocycles. The van der Waals surface area contributed by atoms with E-state index in [0.29, 0.717) is 19.7 Å². The van der Waals surface area contributed by atoms with Gasteiger partial charge in [-0.15, -0.1) is 0 Å². The first-order chi connectivity index (χ1) is 8.68. The number of amides is 1. The number of aromatic nitrogens is 2. The number of rotatable bonds is 4. The van der Waals surface area contributed by atoms with Gasteiger partial charge in [0.2, 0.25) is 5.91 Å². The van der Waals surface area contributed by atoms with E-state index in [0.717, 1.165) is 24.4 Å². The Morgan fingerprint density at radius 2 is 2.39 bits per heavy atom. The number of carbonyl (C=O) groups excluding carboxylic acids is 1. The molecular formula is C12H20N4O2. The standard InChI is InChI=1S/C12H20N4O2/c1-8-10(9(2)16-15-8)3-4-14-12(17)11-7-13-5-6-18-11/h11,13H,3-7H2,1-2H3,(H,14,17)(H,15,16)/t11-/m1/s1. The van der Waals surface area contributed by atoms with Crippen molar-refractivity contribution in [2.75, 3.05) is 26.2 Å². The Balaban J connectivity index is 1.76. The molecule has 1 atom stereocenters. The van der Waals surface area contributed by atoms with E-state index in [2.05, 4.69) is 20.8 Å². The van der Waals surface area contributed by atoms with Crippen LogP contribution in [0.25, 0.3) is 0 Å². The highest BCUT2D eigenvalue weighted by Crippen LogP contribution is 2.09.